The number of halogens is 5. The van der Waals surface area contributed by atoms with E-state index in [4.69, 9.17) is 27.9 Å². The predicted octanol–water partition coefficient (Wildman–Crippen LogP) is 5.25. The van der Waals surface area contributed by atoms with Gasteiger partial charge in [0, 0.05) is 42.5 Å². The summed E-state index contributed by atoms with van der Waals surface area (Å²) in [6, 6.07) is 14.1. The molecule has 35 heavy (non-hydrogen) atoms. The van der Waals surface area contributed by atoms with E-state index in [-0.39, 0.29) is 5.69 Å². The molecule has 1 aliphatic rings. The van der Waals surface area contributed by atoms with E-state index in [0.717, 1.165) is 10.4 Å². The SMILES string of the molecule is COc1cccc(C(C=O)(N2CCN(c3ccc(Cl)cc3)CC2)n2nc(C(F)(F)F)c(Cl)c2C)c1. The van der Waals surface area contributed by atoms with Crippen LogP contribution in [0, 0.1) is 6.92 Å². The maximum absolute atomic E-state index is 13.7. The van der Waals surface area contributed by atoms with E-state index >= 15 is 0 Å². The normalized spacial score (nSPS) is 16.7. The first-order chi connectivity index (χ1) is 16.6. The lowest BCUT2D eigenvalue weighted by Crippen LogP contribution is -2.60. The minimum Gasteiger partial charge on any atom is -0.497 e. The molecule has 0 N–H and O–H groups in total. The number of anilines is 1. The van der Waals surface area contributed by atoms with Gasteiger partial charge in [-0.1, -0.05) is 35.3 Å². The third-order valence-electron chi connectivity index (χ3n) is 6.25. The van der Waals surface area contributed by atoms with Gasteiger partial charge in [-0.3, -0.25) is 9.69 Å². The lowest BCUT2D eigenvalue weighted by atomic mass is 9.96. The van der Waals surface area contributed by atoms with Crippen molar-refractivity contribution in [2.24, 2.45) is 0 Å². The van der Waals surface area contributed by atoms with E-state index in [1.807, 2.05) is 17.0 Å². The minimum absolute atomic E-state index is 0.0362. The zero-order valence-electron chi connectivity index (χ0n) is 19.0. The van der Waals surface area contributed by atoms with Gasteiger partial charge in [0.25, 0.3) is 0 Å². The van der Waals surface area contributed by atoms with Gasteiger partial charge in [-0.25, -0.2) is 4.68 Å². The molecular weight excluding hydrogens is 504 g/mol. The van der Waals surface area contributed by atoms with Gasteiger partial charge in [0.05, 0.1) is 17.8 Å². The molecule has 1 saturated heterocycles. The molecule has 1 fully saturated rings. The molecule has 0 bridgehead atoms. The van der Waals surface area contributed by atoms with Gasteiger partial charge in [0.2, 0.25) is 0 Å². The van der Waals surface area contributed by atoms with E-state index in [1.54, 1.807) is 36.4 Å². The average Bonchev–Trinajstić information content (AvgIpc) is 3.16. The summed E-state index contributed by atoms with van der Waals surface area (Å²) in [6.45, 7) is 3.23. The number of hydrogen-bond donors (Lipinski definition) is 0. The average molecular weight is 527 g/mol. The van der Waals surface area contributed by atoms with Crippen LogP contribution < -0.4 is 9.64 Å². The molecule has 186 valence electrons. The van der Waals surface area contributed by atoms with Crippen LogP contribution >= 0.6 is 23.2 Å². The Morgan fingerprint density at radius 1 is 1.03 bits per heavy atom. The molecule has 1 aliphatic heterocycles. The Bertz CT molecular complexity index is 1210. The lowest BCUT2D eigenvalue weighted by Gasteiger charge is -2.46. The second kappa shape index (κ2) is 9.72. The molecule has 0 saturated carbocycles. The largest absolute Gasteiger partial charge is 0.497 e. The number of aromatic nitrogens is 2. The second-order valence-corrected chi connectivity index (χ2v) is 9.00. The summed E-state index contributed by atoms with van der Waals surface area (Å²) in [5, 5.41) is 3.92. The lowest BCUT2D eigenvalue weighted by molar-refractivity contribution is -0.142. The van der Waals surface area contributed by atoms with E-state index in [0.29, 0.717) is 48.8 Å². The second-order valence-electron chi connectivity index (χ2n) is 8.18. The van der Waals surface area contributed by atoms with Crippen molar-refractivity contribution < 1.29 is 22.7 Å². The fourth-order valence-corrected chi connectivity index (χ4v) is 4.79. The van der Waals surface area contributed by atoms with Gasteiger partial charge in [-0.05, 0) is 43.3 Å². The number of hydrogen-bond acceptors (Lipinski definition) is 5. The molecular formula is C24H23Cl2F3N4O2. The van der Waals surface area contributed by atoms with Gasteiger partial charge in [0.15, 0.2) is 17.6 Å². The Morgan fingerprint density at radius 3 is 2.23 bits per heavy atom. The van der Waals surface area contributed by atoms with Crippen LogP contribution in [0.5, 0.6) is 5.75 Å². The minimum atomic E-state index is -4.77. The van der Waals surface area contributed by atoms with Crippen LogP contribution in [-0.2, 0) is 16.6 Å². The summed E-state index contributed by atoms with van der Waals surface area (Å²) < 4.78 is 47.4. The van der Waals surface area contributed by atoms with E-state index in [2.05, 4.69) is 10.00 Å². The van der Waals surface area contributed by atoms with Crippen molar-refractivity contribution in [1.29, 1.82) is 0 Å². The summed E-state index contributed by atoms with van der Waals surface area (Å²) in [5.41, 5.74) is -1.48. The molecule has 1 atom stereocenters. The number of nitrogens with zero attached hydrogens (tertiary/aromatic N) is 4. The predicted molar refractivity (Wildman–Crippen MR) is 128 cm³/mol. The van der Waals surface area contributed by atoms with Gasteiger partial charge < -0.3 is 9.64 Å². The zero-order chi connectivity index (χ0) is 25.4. The molecule has 2 heterocycles. The number of ether oxygens (including phenoxy) is 1. The topological polar surface area (TPSA) is 50.6 Å². The monoisotopic (exact) mass is 526 g/mol. The van der Waals surface area contributed by atoms with Crippen molar-refractivity contribution in [3.63, 3.8) is 0 Å². The quantitative estimate of drug-likeness (QED) is 0.410. The number of rotatable bonds is 6. The number of benzene rings is 2. The van der Waals surface area contributed by atoms with Gasteiger partial charge in [0.1, 0.15) is 5.75 Å². The molecule has 2 aromatic carbocycles. The smallest absolute Gasteiger partial charge is 0.436 e. The Hall–Kier alpha value is -2.75. The van der Waals surface area contributed by atoms with Crippen LogP contribution in [0.1, 0.15) is 17.0 Å². The molecule has 0 amide bonds. The Kier molecular flexibility index (Phi) is 7.04. The molecule has 0 spiro atoms. The fourth-order valence-electron chi connectivity index (χ4n) is 4.44. The Morgan fingerprint density at radius 2 is 1.69 bits per heavy atom. The third-order valence-corrected chi connectivity index (χ3v) is 6.95. The highest BCUT2D eigenvalue weighted by atomic mass is 35.5. The van der Waals surface area contributed by atoms with E-state index in [9.17, 15) is 18.0 Å². The number of methoxy groups -OCH3 is 1. The fraction of sp³-hybridized carbons (Fsp3) is 0.333. The van der Waals surface area contributed by atoms with Gasteiger partial charge >= 0.3 is 6.18 Å². The highest BCUT2D eigenvalue weighted by Gasteiger charge is 2.47. The molecule has 6 nitrogen and oxygen atoms in total. The van der Waals surface area contributed by atoms with Crippen molar-refractivity contribution >= 4 is 35.2 Å². The number of carbonyl (C=O) groups excluding carboxylic acids is 1. The Labute approximate surface area is 210 Å². The Balaban J connectivity index is 1.80. The molecule has 3 aromatic rings. The maximum atomic E-state index is 13.7. The van der Waals surface area contributed by atoms with Crippen LogP contribution in [0.3, 0.4) is 0 Å². The van der Waals surface area contributed by atoms with Crippen LogP contribution in [0.25, 0.3) is 0 Å². The van der Waals surface area contributed by atoms with Crippen LogP contribution in [0.2, 0.25) is 10.0 Å². The molecule has 1 unspecified atom stereocenters. The molecule has 4 rings (SSSR count). The van der Waals surface area contributed by atoms with Gasteiger partial charge in [-0.2, -0.15) is 18.3 Å². The van der Waals surface area contributed by atoms with E-state index in [1.165, 1.54) is 14.0 Å². The summed E-state index contributed by atoms with van der Waals surface area (Å²) in [4.78, 5) is 16.9. The third kappa shape index (κ3) is 4.60. The number of alkyl halides is 3. The first kappa shape index (κ1) is 25.3. The van der Waals surface area contributed by atoms with Crippen molar-refractivity contribution in [1.82, 2.24) is 14.7 Å². The summed E-state index contributed by atoms with van der Waals surface area (Å²) in [5.74, 6) is 0.459. The van der Waals surface area contributed by atoms with Crippen molar-refractivity contribution in [2.75, 3.05) is 38.2 Å². The summed E-state index contributed by atoms with van der Waals surface area (Å²) in [7, 11) is 1.48. The van der Waals surface area contributed by atoms with Crippen LogP contribution in [0.4, 0.5) is 18.9 Å². The van der Waals surface area contributed by atoms with Gasteiger partial charge in [-0.15, -0.1) is 0 Å². The van der Waals surface area contributed by atoms with Crippen LogP contribution in [0.15, 0.2) is 48.5 Å². The highest BCUT2D eigenvalue weighted by Crippen LogP contribution is 2.40. The number of aldehydes is 1. The van der Waals surface area contributed by atoms with Crippen molar-refractivity contribution in [2.45, 2.75) is 18.8 Å². The first-order valence-corrected chi connectivity index (χ1v) is 11.6. The van der Waals surface area contributed by atoms with Crippen molar-refractivity contribution in [3.8, 4) is 5.75 Å². The molecule has 1 aromatic heterocycles. The molecule has 11 heteroatoms. The number of piperazine rings is 1. The van der Waals surface area contributed by atoms with E-state index < -0.39 is 22.6 Å². The molecule has 0 aliphatic carbocycles. The maximum Gasteiger partial charge on any atom is 0.436 e. The molecule has 0 radical (unpaired) electrons. The highest BCUT2D eigenvalue weighted by molar-refractivity contribution is 6.32. The standard InChI is InChI=1S/C24H23Cl2F3N4O2/c1-16-21(26)22(24(27,28)29)30-33(16)23(15-34,17-4-3-5-20(14-17)35-2)32-12-10-31(11-13-32)19-8-6-18(25)7-9-19/h3-9,14-15H,10-13H2,1-2H3. The van der Waals surface area contributed by atoms with Crippen molar-refractivity contribution in [3.05, 3.63) is 75.5 Å². The number of carbonyl (C=O) groups is 1. The zero-order valence-corrected chi connectivity index (χ0v) is 20.5. The van der Waals surface area contributed by atoms with Crippen LogP contribution in [-0.4, -0.2) is 54.3 Å². The summed E-state index contributed by atoms with van der Waals surface area (Å²) >= 11 is 12.1. The first-order valence-electron chi connectivity index (χ1n) is 10.8. The summed E-state index contributed by atoms with van der Waals surface area (Å²) in [6.07, 6.45) is -4.15.